The van der Waals surface area contributed by atoms with Crippen LogP contribution >= 0.6 is 0 Å². The van der Waals surface area contributed by atoms with Crippen molar-refractivity contribution in [2.45, 2.75) is 13.3 Å². The van der Waals surface area contributed by atoms with Crippen LogP contribution in [0.4, 0.5) is 5.69 Å². The Kier molecular flexibility index (Phi) is 3.92. The van der Waals surface area contributed by atoms with Crippen LogP contribution in [0.3, 0.4) is 0 Å². The number of aryl methyl sites for hydroxylation is 1. The van der Waals surface area contributed by atoms with Gasteiger partial charge >= 0.3 is 0 Å². The van der Waals surface area contributed by atoms with Gasteiger partial charge in [-0.1, -0.05) is 6.08 Å². The summed E-state index contributed by atoms with van der Waals surface area (Å²) in [6.07, 6.45) is 2.54. The smallest absolute Gasteiger partial charge is 0.251 e. The van der Waals surface area contributed by atoms with Crippen LogP contribution in [0.1, 0.15) is 22.3 Å². The molecule has 0 aromatic heterocycles. The molecular weight excluding hydrogens is 188 g/mol. The van der Waals surface area contributed by atoms with E-state index in [4.69, 9.17) is 5.73 Å². The number of nitrogens with one attached hydrogen (secondary N) is 1. The van der Waals surface area contributed by atoms with E-state index in [1.807, 2.05) is 19.1 Å². The third-order valence-corrected chi connectivity index (χ3v) is 2.00. The third kappa shape index (κ3) is 3.46. The Morgan fingerprint density at radius 1 is 1.53 bits per heavy atom. The number of hydrogen-bond acceptors (Lipinski definition) is 2. The molecule has 0 aliphatic heterocycles. The van der Waals surface area contributed by atoms with Crippen LogP contribution in [0.2, 0.25) is 0 Å². The lowest BCUT2D eigenvalue weighted by molar-refractivity contribution is 0.0954. The molecule has 1 amide bonds. The van der Waals surface area contributed by atoms with Crippen LogP contribution in [0.15, 0.2) is 30.9 Å². The maximum Gasteiger partial charge on any atom is 0.251 e. The Balaban J connectivity index is 2.69. The lowest BCUT2D eigenvalue weighted by Gasteiger charge is -2.05. The minimum Gasteiger partial charge on any atom is -0.399 e. The molecule has 1 aromatic carbocycles. The molecule has 0 radical (unpaired) electrons. The quantitative estimate of drug-likeness (QED) is 0.447. The highest BCUT2D eigenvalue weighted by Gasteiger charge is 2.05. The lowest BCUT2D eigenvalue weighted by atomic mass is 10.1. The molecule has 0 bridgehead atoms. The van der Waals surface area contributed by atoms with Gasteiger partial charge in [0.05, 0.1) is 0 Å². The zero-order chi connectivity index (χ0) is 11.3. The predicted octanol–water partition coefficient (Wildman–Crippen LogP) is 1.88. The molecule has 0 fully saturated rings. The van der Waals surface area contributed by atoms with E-state index in [9.17, 15) is 4.79 Å². The summed E-state index contributed by atoms with van der Waals surface area (Å²) in [7, 11) is 0. The summed E-state index contributed by atoms with van der Waals surface area (Å²) in [5.41, 5.74) is 7.87. The first kappa shape index (κ1) is 11.3. The van der Waals surface area contributed by atoms with Crippen molar-refractivity contribution < 1.29 is 4.79 Å². The average molecular weight is 204 g/mol. The molecule has 0 aliphatic carbocycles. The van der Waals surface area contributed by atoms with Crippen LogP contribution in [0.25, 0.3) is 0 Å². The Hall–Kier alpha value is -1.77. The number of hydrogen-bond donors (Lipinski definition) is 2. The van der Waals surface area contributed by atoms with Gasteiger partial charge in [0.1, 0.15) is 0 Å². The summed E-state index contributed by atoms with van der Waals surface area (Å²) in [5, 5.41) is 2.79. The molecular formula is C12H16N2O. The fourth-order valence-corrected chi connectivity index (χ4v) is 1.33. The maximum absolute atomic E-state index is 11.6. The monoisotopic (exact) mass is 204 g/mol. The van der Waals surface area contributed by atoms with Crippen molar-refractivity contribution in [3.63, 3.8) is 0 Å². The third-order valence-electron chi connectivity index (χ3n) is 2.00. The van der Waals surface area contributed by atoms with Crippen LogP contribution in [0, 0.1) is 6.92 Å². The molecule has 0 aliphatic rings. The molecule has 80 valence electrons. The van der Waals surface area contributed by atoms with Gasteiger partial charge in [0.25, 0.3) is 5.91 Å². The molecule has 0 saturated carbocycles. The van der Waals surface area contributed by atoms with Crippen LogP contribution in [-0.2, 0) is 0 Å². The van der Waals surface area contributed by atoms with Gasteiger partial charge in [-0.15, -0.1) is 6.58 Å². The molecule has 0 heterocycles. The van der Waals surface area contributed by atoms with Gasteiger partial charge in [-0.25, -0.2) is 0 Å². The van der Waals surface area contributed by atoms with E-state index in [2.05, 4.69) is 11.9 Å². The van der Waals surface area contributed by atoms with Crippen molar-refractivity contribution in [2.75, 3.05) is 12.3 Å². The Morgan fingerprint density at radius 2 is 2.27 bits per heavy atom. The topological polar surface area (TPSA) is 55.1 Å². The summed E-state index contributed by atoms with van der Waals surface area (Å²) in [4.78, 5) is 11.6. The van der Waals surface area contributed by atoms with Crippen LogP contribution in [-0.4, -0.2) is 12.5 Å². The standard InChI is InChI=1S/C12H16N2O/c1-3-4-5-14-12(15)10-6-9(2)7-11(13)8-10/h3,6-8H,1,4-5,13H2,2H3,(H,14,15). The van der Waals surface area contributed by atoms with Gasteiger partial charge in [0, 0.05) is 17.8 Å². The molecule has 3 heteroatoms. The second kappa shape index (κ2) is 5.20. The molecule has 1 aromatic rings. The SMILES string of the molecule is C=CCCNC(=O)c1cc(C)cc(N)c1. The molecule has 0 unspecified atom stereocenters. The lowest BCUT2D eigenvalue weighted by Crippen LogP contribution is -2.24. The predicted molar refractivity (Wildman–Crippen MR) is 62.7 cm³/mol. The average Bonchev–Trinajstić information content (AvgIpc) is 2.16. The summed E-state index contributed by atoms with van der Waals surface area (Å²) in [6, 6.07) is 5.33. The highest BCUT2D eigenvalue weighted by Crippen LogP contribution is 2.10. The van der Waals surface area contributed by atoms with Gasteiger partial charge in [-0.3, -0.25) is 4.79 Å². The van der Waals surface area contributed by atoms with Crippen molar-refractivity contribution in [2.24, 2.45) is 0 Å². The first-order valence-corrected chi connectivity index (χ1v) is 4.89. The molecule has 15 heavy (non-hydrogen) atoms. The number of nitrogens with two attached hydrogens (primary N) is 1. The number of benzene rings is 1. The van der Waals surface area contributed by atoms with Gasteiger partial charge in [0.15, 0.2) is 0 Å². The second-order valence-electron chi connectivity index (χ2n) is 3.47. The number of rotatable bonds is 4. The molecule has 0 saturated heterocycles. The summed E-state index contributed by atoms with van der Waals surface area (Å²) in [6.45, 7) is 6.11. The van der Waals surface area contributed by atoms with E-state index in [-0.39, 0.29) is 5.91 Å². The molecule has 3 N–H and O–H groups in total. The summed E-state index contributed by atoms with van der Waals surface area (Å²) in [5.74, 6) is -0.0905. The first-order valence-electron chi connectivity index (χ1n) is 4.89. The van der Waals surface area contributed by atoms with Gasteiger partial charge in [-0.05, 0) is 37.1 Å². The highest BCUT2D eigenvalue weighted by molar-refractivity contribution is 5.95. The number of carbonyl (C=O) groups is 1. The fourth-order valence-electron chi connectivity index (χ4n) is 1.33. The van der Waals surface area contributed by atoms with E-state index in [1.54, 1.807) is 12.1 Å². The summed E-state index contributed by atoms with van der Waals surface area (Å²) >= 11 is 0. The van der Waals surface area contributed by atoms with Crippen LogP contribution < -0.4 is 11.1 Å². The van der Waals surface area contributed by atoms with Crippen molar-refractivity contribution in [1.29, 1.82) is 0 Å². The Morgan fingerprint density at radius 3 is 2.87 bits per heavy atom. The molecule has 0 atom stereocenters. The zero-order valence-electron chi connectivity index (χ0n) is 8.92. The van der Waals surface area contributed by atoms with Gasteiger partial charge < -0.3 is 11.1 Å². The van der Waals surface area contributed by atoms with Gasteiger partial charge in [0.2, 0.25) is 0 Å². The minimum absolute atomic E-state index is 0.0905. The Labute approximate surface area is 90.0 Å². The van der Waals surface area contributed by atoms with E-state index < -0.39 is 0 Å². The van der Waals surface area contributed by atoms with E-state index >= 15 is 0 Å². The maximum atomic E-state index is 11.6. The minimum atomic E-state index is -0.0905. The molecule has 1 rings (SSSR count). The zero-order valence-corrected chi connectivity index (χ0v) is 8.92. The van der Waals surface area contributed by atoms with Crippen molar-refractivity contribution >= 4 is 11.6 Å². The summed E-state index contributed by atoms with van der Waals surface area (Å²) < 4.78 is 0. The van der Waals surface area contributed by atoms with E-state index in [1.165, 1.54) is 0 Å². The molecule has 0 spiro atoms. The highest BCUT2D eigenvalue weighted by atomic mass is 16.1. The van der Waals surface area contributed by atoms with Crippen molar-refractivity contribution in [1.82, 2.24) is 5.32 Å². The fraction of sp³-hybridized carbons (Fsp3) is 0.250. The van der Waals surface area contributed by atoms with E-state index in [0.717, 1.165) is 12.0 Å². The largest absolute Gasteiger partial charge is 0.399 e. The number of nitrogen functional groups attached to an aromatic ring is 1. The van der Waals surface area contributed by atoms with Crippen molar-refractivity contribution in [3.05, 3.63) is 42.0 Å². The van der Waals surface area contributed by atoms with Crippen LogP contribution in [0.5, 0.6) is 0 Å². The Bertz CT molecular complexity index is 352. The number of carbonyl (C=O) groups excluding carboxylic acids is 1. The number of anilines is 1. The van der Waals surface area contributed by atoms with E-state index in [0.29, 0.717) is 17.8 Å². The van der Waals surface area contributed by atoms with Crippen molar-refractivity contribution in [3.8, 4) is 0 Å². The second-order valence-corrected chi connectivity index (χ2v) is 3.47. The molecule has 3 nitrogen and oxygen atoms in total. The first-order chi connectivity index (χ1) is 7.13. The number of amides is 1. The normalized spacial score (nSPS) is 9.67. The van der Waals surface area contributed by atoms with Gasteiger partial charge in [-0.2, -0.15) is 0 Å².